The zero-order valence-electron chi connectivity index (χ0n) is 13.9. The van der Waals surface area contributed by atoms with Crippen LogP contribution in [0, 0.1) is 0 Å². The molecule has 0 radical (unpaired) electrons. The average molecular weight is 403 g/mol. The first-order chi connectivity index (χ1) is 13.2. The van der Waals surface area contributed by atoms with Crippen LogP contribution in [0.15, 0.2) is 12.1 Å². The molecular formula is C15H11F6N7. The maximum atomic E-state index is 14.1. The van der Waals surface area contributed by atoms with Gasteiger partial charge in [0.15, 0.2) is 5.82 Å². The van der Waals surface area contributed by atoms with Gasteiger partial charge in [-0.3, -0.25) is 0 Å². The van der Waals surface area contributed by atoms with Crippen molar-refractivity contribution in [1.82, 2.24) is 30.3 Å². The number of nitrogens with one attached hydrogen (secondary N) is 1. The number of hydrogen-bond acceptors (Lipinski definition) is 6. The van der Waals surface area contributed by atoms with Crippen molar-refractivity contribution in [1.29, 1.82) is 0 Å². The van der Waals surface area contributed by atoms with Crippen molar-refractivity contribution < 1.29 is 26.3 Å². The Hall–Kier alpha value is -2.70. The second-order valence-electron chi connectivity index (χ2n) is 6.70. The summed E-state index contributed by atoms with van der Waals surface area (Å²) in [6, 6.07) is 1.14. The summed E-state index contributed by atoms with van der Waals surface area (Å²) in [4.78, 5) is 6.05. The van der Waals surface area contributed by atoms with Crippen molar-refractivity contribution in [2.24, 2.45) is 0 Å². The van der Waals surface area contributed by atoms with Gasteiger partial charge in [-0.1, -0.05) is 0 Å². The third-order valence-corrected chi connectivity index (χ3v) is 5.12. The lowest BCUT2D eigenvalue weighted by Gasteiger charge is -2.28. The van der Waals surface area contributed by atoms with E-state index in [9.17, 15) is 26.3 Å². The van der Waals surface area contributed by atoms with Gasteiger partial charge in [0, 0.05) is 37.3 Å². The van der Waals surface area contributed by atoms with Crippen LogP contribution in [0.4, 0.5) is 32.2 Å². The number of fused-ring (bicyclic) bond motifs is 4. The molecule has 1 fully saturated rings. The molecule has 1 saturated heterocycles. The summed E-state index contributed by atoms with van der Waals surface area (Å²) in [7, 11) is 0. The highest BCUT2D eigenvalue weighted by molar-refractivity contribution is 5.84. The minimum Gasteiger partial charge on any atom is -0.351 e. The Morgan fingerprint density at radius 2 is 1.57 bits per heavy atom. The zero-order chi connectivity index (χ0) is 19.9. The Kier molecular flexibility index (Phi) is 3.24. The van der Waals surface area contributed by atoms with E-state index in [0.717, 1.165) is 4.52 Å². The monoisotopic (exact) mass is 403 g/mol. The van der Waals surface area contributed by atoms with Crippen LogP contribution in [-0.4, -0.2) is 57.1 Å². The molecule has 28 heavy (non-hydrogen) atoms. The van der Waals surface area contributed by atoms with Gasteiger partial charge >= 0.3 is 17.8 Å². The molecule has 13 heteroatoms. The highest BCUT2D eigenvalue weighted by Crippen LogP contribution is 2.63. The molecule has 2 aromatic heterocycles. The van der Waals surface area contributed by atoms with E-state index in [-0.39, 0.29) is 22.5 Å². The number of piperazine rings is 1. The van der Waals surface area contributed by atoms with Crippen LogP contribution in [0.25, 0.3) is 16.7 Å². The van der Waals surface area contributed by atoms with E-state index in [1.165, 1.54) is 0 Å². The molecular weight excluding hydrogens is 392 g/mol. The predicted molar refractivity (Wildman–Crippen MR) is 83.9 cm³/mol. The number of rotatable bonds is 1. The van der Waals surface area contributed by atoms with Gasteiger partial charge in [0.05, 0.1) is 11.0 Å². The topological polar surface area (TPSA) is 71.2 Å². The second-order valence-corrected chi connectivity index (χ2v) is 6.70. The van der Waals surface area contributed by atoms with E-state index in [1.54, 1.807) is 4.90 Å². The highest BCUT2D eigenvalue weighted by Gasteiger charge is 2.79. The average Bonchev–Trinajstić information content (AvgIpc) is 3.19. The van der Waals surface area contributed by atoms with Crippen molar-refractivity contribution in [3.05, 3.63) is 23.3 Å². The lowest BCUT2D eigenvalue weighted by atomic mass is 10.1. The number of benzene rings is 1. The molecule has 0 saturated carbocycles. The summed E-state index contributed by atoms with van der Waals surface area (Å²) in [6.07, 6.45) is 0. The SMILES string of the molecule is FC1(F)c2cc3nc(N4CCNCC4)c4nnnn4c3cc2C(F)(F)C1(F)F. The van der Waals surface area contributed by atoms with Gasteiger partial charge in [-0.2, -0.15) is 30.9 Å². The zero-order valence-corrected chi connectivity index (χ0v) is 13.9. The number of tetrazole rings is 1. The van der Waals surface area contributed by atoms with Crippen LogP contribution in [0.3, 0.4) is 0 Å². The molecule has 7 nitrogen and oxygen atoms in total. The van der Waals surface area contributed by atoms with Crippen LogP contribution in [0.1, 0.15) is 11.1 Å². The van der Waals surface area contributed by atoms with Crippen LogP contribution in [0.2, 0.25) is 0 Å². The fourth-order valence-electron chi connectivity index (χ4n) is 3.63. The number of anilines is 1. The van der Waals surface area contributed by atoms with E-state index in [0.29, 0.717) is 38.3 Å². The predicted octanol–water partition coefficient (Wildman–Crippen LogP) is 1.91. The van der Waals surface area contributed by atoms with E-state index in [1.807, 2.05) is 0 Å². The molecule has 0 spiro atoms. The Labute approximate surface area is 152 Å². The van der Waals surface area contributed by atoms with Gasteiger partial charge in [-0.05, 0) is 22.6 Å². The number of nitrogens with zero attached hydrogens (tertiary/aromatic N) is 6. The fraction of sp³-hybridized carbons (Fsp3) is 0.467. The molecule has 0 amide bonds. The van der Waals surface area contributed by atoms with E-state index in [2.05, 4.69) is 25.8 Å². The summed E-state index contributed by atoms with van der Waals surface area (Å²) in [5.74, 6) is -15.4. The molecule has 3 aromatic rings. The summed E-state index contributed by atoms with van der Waals surface area (Å²) >= 11 is 0. The fourth-order valence-corrected chi connectivity index (χ4v) is 3.63. The lowest BCUT2D eigenvalue weighted by molar-refractivity contribution is -0.302. The molecule has 1 N–H and O–H groups in total. The maximum Gasteiger partial charge on any atom is 0.380 e. The van der Waals surface area contributed by atoms with E-state index in [4.69, 9.17) is 0 Å². The highest BCUT2D eigenvalue weighted by atomic mass is 19.3. The van der Waals surface area contributed by atoms with Crippen LogP contribution >= 0.6 is 0 Å². The van der Waals surface area contributed by atoms with Crippen molar-refractivity contribution in [2.45, 2.75) is 17.8 Å². The van der Waals surface area contributed by atoms with Crippen LogP contribution in [-0.2, 0) is 11.8 Å². The molecule has 1 aromatic carbocycles. The Balaban J connectivity index is 1.82. The Bertz CT molecular complexity index is 1110. The molecule has 1 aliphatic heterocycles. The normalized spacial score (nSPS) is 22.7. The van der Waals surface area contributed by atoms with Gasteiger partial charge in [0.2, 0.25) is 5.65 Å². The van der Waals surface area contributed by atoms with Crippen molar-refractivity contribution in [3.63, 3.8) is 0 Å². The van der Waals surface area contributed by atoms with Crippen molar-refractivity contribution in [3.8, 4) is 0 Å². The third kappa shape index (κ3) is 1.94. The van der Waals surface area contributed by atoms with Crippen molar-refractivity contribution >= 4 is 22.5 Å². The molecule has 5 rings (SSSR count). The molecule has 2 aliphatic rings. The van der Waals surface area contributed by atoms with E-state index < -0.39 is 28.9 Å². The molecule has 0 bridgehead atoms. The third-order valence-electron chi connectivity index (χ3n) is 5.12. The first kappa shape index (κ1) is 17.4. The van der Waals surface area contributed by atoms with Gasteiger partial charge < -0.3 is 10.2 Å². The first-order valence-corrected chi connectivity index (χ1v) is 8.32. The van der Waals surface area contributed by atoms with Gasteiger partial charge in [0.1, 0.15) is 0 Å². The first-order valence-electron chi connectivity index (χ1n) is 8.32. The molecule has 0 atom stereocenters. The number of hydrogen-bond donors (Lipinski definition) is 1. The van der Waals surface area contributed by atoms with Crippen molar-refractivity contribution in [2.75, 3.05) is 31.1 Å². The minimum absolute atomic E-state index is 0.120. The van der Waals surface area contributed by atoms with Crippen LogP contribution < -0.4 is 10.2 Å². The van der Waals surface area contributed by atoms with Gasteiger partial charge in [0.25, 0.3) is 0 Å². The Morgan fingerprint density at radius 1 is 0.929 bits per heavy atom. The summed E-state index contributed by atoms with van der Waals surface area (Å²) < 4.78 is 85.1. The number of aromatic nitrogens is 5. The molecule has 0 unspecified atom stereocenters. The number of halogens is 6. The minimum atomic E-state index is -5.55. The van der Waals surface area contributed by atoms with E-state index >= 15 is 0 Å². The second kappa shape index (κ2) is 5.21. The number of alkyl halides is 6. The lowest BCUT2D eigenvalue weighted by Crippen LogP contribution is -2.44. The summed E-state index contributed by atoms with van der Waals surface area (Å²) in [5.41, 5.74) is -3.12. The largest absolute Gasteiger partial charge is 0.380 e. The molecule has 3 heterocycles. The maximum absolute atomic E-state index is 14.1. The standard InChI is InChI=1S/C15H11F6N7/c16-13(17)7-5-9-10(6-8(7)14(18,19)15(13,20)21)28-12(24-25-26-28)11(23-9)27-3-1-22-2-4-27/h5-6,22H,1-4H2. The molecule has 148 valence electrons. The van der Waals surface area contributed by atoms with Gasteiger partial charge in [-0.15, -0.1) is 5.10 Å². The molecule has 1 aliphatic carbocycles. The quantitative estimate of drug-likeness (QED) is 0.626. The van der Waals surface area contributed by atoms with Crippen LogP contribution in [0.5, 0.6) is 0 Å². The smallest absolute Gasteiger partial charge is 0.351 e. The summed E-state index contributed by atoms with van der Waals surface area (Å²) in [6.45, 7) is 2.32. The van der Waals surface area contributed by atoms with Gasteiger partial charge in [-0.25, -0.2) is 4.98 Å². The Morgan fingerprint density at radius 3 is 2.25 bits per heavy atom. The summed E-state index contributed by atoms with van der Waals surface area (Å²) in [5, 5.41) is 14.1.